The summed E-state index contributed by atoms with van der Waals surface area (Å²) in [7, 11) is -2.37. The number of hydrogen-bond acceptors (Lipinski definition) is 5. The quantitative estimate of drug-likeness (QED) is 0.636. The van der Waals surface area contributed by atoms with Crippen LogP contribution in [0.25, 0.3) is 10.1 Å². The fraction of sp³-hybridized carbons (Fsp3) is 0.250. The van der Waals surface area contributed by atoms with Crippen molar-refractivity contribution in [3.63, 3.8) is 0 Å². The molecule has 3 rings (SSSR count). The van der Waals surface area contributed by atoms with Crippen LogP contribution >= 0.6 is 11.3 Å². The summed E-state index contributed by atoms with van der Waals surface area (Å²) in [6.45, 7) is 6.23. The smallest absolute Gasteiger partial charge is 0.348 e. The Morgan fingerprint density at radius 1 is 1.04 bits per heavy atom. The first-order chi connectivity index (χ1) is 12.6. The van der Waals surface area contributed by atoms with E-state index in [1.165, 1.54) is 18.4 Å². The monoisotopic (exact) mass is 403 g/mol. The fourth-order valence-corrected chi connectivity index (χ4v) is 4.67. The number of methoxy groups -OCH3 is 1. The molecule has 0 aliphatic rings. The first kappa shape index (κ1) is 19.4. The molecule has 0 bridgehead atoms. The van der Waals surface area contributed by atoms with Crippen LogP contribution < -0.4 is 4.72 Å². The lowest BCUT2D eigenvalue weighted by atomic mass is 9.87. The van der Waals surface area contributed by atoms with Gasteiger partial charge in [0.15, 0.2) is 0 Å². The Labute approximate surface area is 163 Å². The van der Waals surface area contributed by atoms with E-state index in [-0.39, 0.29) is 10.3 Å². The fourth-order valence-electron chi connectivity index (χ4n) is 2.66. The van der Waals surface area contributed by atoms with Crippen LogP contribution in [0, 0.1) is 0 Å². The van der Waals surface area contributed by atoms with Crippen molar-refractivity contribution in [1.29, 1.82) is 0 Å². The predicted octanol–water partition coefficient (Wildman–Crippen LogP) is 4.79. The van der Waals surface area contributed by atoms with E-state index in [0.717, 1.165) is 15.6 Å². The minimum absolute atomic E-state index is 0.0446. The van der Waals surface area contributed by atoms with E-state index in [9.17, 15) is 13.2 Å². The standard InChI is InChI=1S/C20H21NO4S2/c1-20(2,3)14-5-8-16(9-6-14)27(23,24)21-15-7-10-17-13(11-15)12-18(26-17)19(22)25-4/h5-12,21H,1-4H3. The molecular formula is C20H21NO4S2. The first-order valence-corrected chi connectivity index (χ1v) is 10.7. The molecule has 7 heteroatoms. The van der Waals surface area contributed by atoms with Gasteiger partial charge in [0.05, 0.1) is 12.0 Å². The first-order valence-electron chi connectivity index (χ1n) is 8.35. The van der Waals surface area contributed by atoms with Crippen LogP contribution in [0.1, 0.15) is 36.0 Å². The number of carbonyl (C=O) groups excluding carboxylic acids is 1. The topological polar surface area (TPSA) is 72.5 Å². The maximum absolute atomic E-state index is 12.7. The number of esters is 1. The molecule has 0 fully saturated rings. The number of anilines is 1. The van der Waals surface area contributed by atoms with Crippen LogP contribution in [0.5, 0.6) is 0 Å². The molecule has 0 radical (unpaired) electrons. The number of rotatable bonds is 4. The number of thiophene rings is 1. The highest BCUT2D eigenvalue weighted by Gasteiger charge is 2.18. The predicted molar refractivity (Wildman–Crippen MR) is 109 cm³/mol. The maximum atomic E-state index is 12.7. The van der Waals surface area contributed by atoms with Gasteiger partial charge in [0.1, 0.15) is 4.88 Å². The molecule has 0 atom stereocenters. The van der Waals surface area contributed by atoms with Gasteiger partial charge in [0.25, 0.3) is 10.0 Å². The van der Waals surface area contributed by atoms with Crippen molar-refractivity contribution in [3.8, 4) is 0 Å². The molecule has 0 aliphatic heterocycles. The SMILES string of the molecule is COC(=O)c1cc2cc(NS(=O)(=O)c3ccc(C(C)(C)C)cc3)ccc2s1. The lowest BCUT2D eigenvalue weighted by Gasteiger charge is -2.19. The Balaban J connectivity index is 1.88. The van der Waals surface area contributed by atoms with E-state index in [4.69, 9.17) is 4.74 Å². The Morgan fingerprint density at radius 3 is 2.30 bits per heavy atom. The van der Waals surface area contributed by atoms with Gasteiger partial charge in [0, 0.05) is 10.4 Å². The summed E-state index contributed by atoms with van der Waals surface area (Å²) in [6, 6.07) is 13.8. The molecule has 1 heterocycles. The minimum atomic E-state index is -3.70. The third-order valence-corrected chi connectivity index (χ3v) is 6.68. The van der Waals surface area contributed by atoms with Gasteiger partial charge < -0.3 is 4.74 Å². The third kappa shape index (κ3) is 4.14. The zero-order chi connectivity index (χ0) is 19.8. The molecule has 1 N–H and O–H groups in total. The van der Waals surface area contributed by atoms with Crippen molar-refractivity contribution < 1.29 is 17.9 Å². The van der Waals surface area contributed by atoms with E-state index in [1.54, 1.807) is 36.4 Å². The number of carbonyl (C=O) groups is 1. The van der Waals surface area contributed by atoms with Gasteiger partial charge in [-0.1, -0.05) is 32.9 Å². The molecule has 27 heavy (non-hydrogen) atoms. The zero-order valence-corrected chi connectivity index (χ0v) is 17.2. The van der Waals surface area contributed by atoms with E-state index in [1.807, 2.05) is 12.1 Å². The minimum Gasteiger partial charge on any atom is -0.465 e. The number of fused-ring (bicyclic) bond motifs is 1. The van der Waals surface area contributed by atoms with E-state index >= 15 is 0 Å². The largest absolute Gasteiger partial charge is 0.465 e. The molecule has 0 saturated carbocycles. The molecule has 1 aromatic heterocycles. The number of ether oxygens (including phenoxy) is 1. The highest BCUT2D eigenvalue weighted by Crippen LogP contribution is 2.30. The second-order valence-electron chi connectivity index (χ2n) is 7.23. The lowest BCUT2D eigenvalue weighted by molar-refractivity contribution is 0.0606. The number of hydrogen-bond donors (Lipinski definition) is 1. The van der Waals surface area contributed by atoms with Gasteiger partial charge in [-0.25, -0.2) is 13.2 Å². The summed E-state index contributed by atoms with van der Waals surface area (Å²) < 4.78 is 33.6. The third-order valence-electron chi connectivity index (χ3n) is 4.19. The molecule has 0 unspecified atom stereocenters. The number of sulfonamides is 1. The normalized spacial score (nSPS) is 12.1. The Hall–Kier alpha value is -2.38. The van der Waals surface area contributed by atoms with Crippen LogP contribution in [-0.4, -0.2) is 21.5 Å². The highest BCUT2D eigenvalue weighted by molar-refractivity contribution is 7.92. The summed E-state index contributed by atoms with van der Waals surface area (Å²) in [5, 5.41) is 0.781. The van der Waals surface area contributed by atoms with Crippen molar-refractivity contribution in [3.05, 3.63) is 59.0 Å². The van der Waals surface area contributed by atoms with Gasteiger partial charge in [-0.3, -0.25) is 4.72 Å². The van der Waals surface area contributed by atoms with E-state index in [2.05, 4.69) is 25.5 Å². The molecule has 2 aromatic carbocycles. The molecule has 142 valence electrons. The maximum Gasteiger partial charge on any atom is 0.348 e. The van der Waals surface area contributed by atoms with Crippen LogP contribution in [0.2, 0.25) is 0 Å². The molecule has 0 aliphatic carbocycles. The van der Waals surface area contributed by atoms with Crippen molar-refractivity contribution in [2.45, 2.75) is 31.1 Å². The summed E-state index contributed by atoms with van der Waals surface area (Å²) in [4.78, 5) is 12.3. The molecule has 0 spiro atoms. The Bertz CT molecular complexity index is 1090. The van der Waals surface area contributed by atoms with E-state index in [0.29, 0.717) is 10.6 Å². The zero-order valence-electron chi connectivity index (χ0n) is 15.6. The molecule has 0 saturated heterocycles. The summed E-state index contributed by atoms with van der Waals surface area (Å²) >= 11 is 1.31. The van der Waals surface area contributed by atoms with Gasteiger partial charge in [-0.05, 0) is 52.8 Å². The lowest BCUT2D eigenvalue weighted by Crippen LogP contribution is -2.14. The van der Waals surface area contributed by atoms with Crippen LogP contribution in [0.4, 0.5) is 5.69 Å². The van der Waals surface area contributed by atoms with Gasteiger partial charge in [-0.15, -0.1) is 11.3 Å². The average Bonchev–Trinajstić information content (AvgIpc) is 3.03. The van der Waals surface area contributed by atoms with Gasteiger partial charge in [-0.2, -0.15) is 0 Å². The van der Waals surface area contributed by atoms with Crippen LogP contribution in [0.15, 0.2) is 53.4 Å². The second kappa shape index (κ2) is 6.98. The van der Waals surface area contributed by atoms with Crippen molar-refractivity contribution in [2.24, 2.45) is 0 Å². The van der Waals surface area contributed by atoms with E-state index < -0.39 is 16.0 Å². The molecular weight excluding hydrogens is 382 g/mol. The van der Waals surface area contributed by atoms with Crippen molar-refractivity contribution >= 4 is 43.1 Å². The second-order valence-corrected chi connectivity index (χ2v) is 10.0. The van der Waals surface area contributed by atoms with Crippen LogP contribution in [-0.2, 0) is 20.2 Å². The van der Waals surface area contributed by atoms with Crippen molar-refractivity contribution in [1.82, 2.24) is 0 Å². The highest BCUT2D eigenvalue weighted by atomic mass is 32.2. The van der Waals surface area contributed by atoms with Crippen LogP contribution in [0.3, 0.4) is 0 Å². The van der Waals surface area contributed by atoms with Gasteiger partial charge >= 0.3 is 5.97 Å². The van der Waals surface area contributed by atoms with Gasteiger partial charge in [0.2, 0.25) is 0 Å². The summed E-state index contributed by atoms with van der Waals surface area (Å²) in [6.07, 6.45) is 0. The Morgan fingerprint density at radius 2 is 1.70 bits per heavy atom. The Kier molecular flexibility index (Phi) is 5.01. The summed E-state index contributed by atoms with van der Waals surface area (Å²) in [5.41, 5.74) is 1.46. The number of benzene rings is 2. The molecule has 0 amide bonds. The van der Waals surface area contributed by atoms with Crippen molar-refractivity contribution in [2.75, 3.05) is 11.8 Å². The molecule has 5 nitrogen and oxygen atoms in total. The molecule has 3 aromatic rings. The summed E-state index contributed by atoms with van der Waals surface area (Å²) in [5.74, 6) is -0.405. The number of nitrogens with one attached hydrogen (secondary N) is 1. The average molecular weight is 404 g/mol.